The summed E-state index contributed by atoms with van der Waals surface area (Å²) in [6, 6.07) is 0. The summed E-state index contributed by atoms with van der Waals surface area (Å²) in [5, 5.41) is 8.79. The van der Waals surface area contributed by atoms with Gasteiger partial charge in [0.25, 0.3) is 0 Å². The van der Waals surface area contributed by atoms with Gasteiger partial charge in [-0.2, -0.15) is 13.2 Å². The van der Waals surface area contributed by atoms with Gasteiger partial charge in [-0.3, -0.25) is 0 Å². The maximum Gasteiger partial charge on any atom is 0.421 e. The molecule has 1 aliphatic rings. The molecule has 0 saturated carbocycles. The van der Waals surface area contributed by atoms with Crippen molar-refractivity contribution in [2.75, 3.05) is 13.2 Å². The number of allylic oxidation sites excluding steroid dienone is 1. The summed E-state index contributed by atoms with van der Waals surface area (Å²) in [5.74, 6) is -0.560. The molecular weight excluding hydrogens is 189 g/mol. The lowest BCUT2D eigenvalue weighted by Crippen LogP contribution is -2.34. The minimum Gasteiger partial charge on any atom is -0.491 e. The predicted molar refractivity (Wildman–Crippen MR) is 36.7 cm³/mol. The molecule has 1 N–H and O–H groups in total. The summed E-state index contributed by atoms with van der Waals surface area (Å²) in [6.45, 7) is 1.56. The normalized spacial score (nSPS) is 20.7. The molecule has 0 aliphatic carbocycles. The van der Waals surface area contributed by atoms with Gasteiger partial charge in [0, 0.05) is 0 Å². The fourth-order valence-corrected chi connectivity index (χ4v) is 0.939. The molecule has 0 bridgehead atoms. The highest BCUT2D eigenvalue weighted by molar-refractivity contribution is 5.08. The third-order valence-electron chi connectivity index (χ3n) is 1.56. The molecule has 1 atom stereocenters. The van der Waals surface area contributed by atoms with E-state index in [1.807, 2.05) is 0 Å². The lowest BCUT2D eigenvalue weighted by Gasteiger charge is -2.24. The second kappa shape index (κ2) is 3.45. The Morgan fingerprint density at radius 1 is 1.31 bits per heavy atom. The van der Waals surface area contributed by atoms with Crippen LogP contribution in [-0.4, -0.2) is 30.6 Å². The van der Waals surface area contributed by atoms with Crippen LogP contribution in [0.2, 0.25) is 0 Å². The minimum absolute atomic E-state index is 0.0175. The van der Waals surface area contributed by atoms with Gasteiger partial charge < -0.3 is 14.6 Å². The summed E-state index contributed by atoms with van der Waals surface area (Å²) >= 11 is 0. The maximum atomic E-state index is 12.0. The molecule has 0 spiro atoms. The number of alkyl halides is 3. The van der Waals surface area contributed by atoms with Crippen LogP contribution in [-0.2, 0) is 9.47 Å². The van der Waals surface area contributed by atoms with Crippen molar-refractivity contribution in [2.24, 2.45) is 0 Å². The second-order valence-electron chi connectivity index (χ2n) is 2.56. The Hall–Kier alpha value is -0.910. The van der Waals surface area contributed by atoms with E-state index in [2.05, 4.69) is 4.74 Å². The molecule has 0 saturated heterocycles. The summed E-state index contributed by atoms with van der Waals surface area (Å²) in [7, 11) is 0. The number of rotatable bonds is 1. The predicted octanol–water partition coefficient (Wildman–Crippen LogP) is 1.19. The van der Waals surface area contributed by atoms with Gasteiger partial charge in [0.2, 0.25) is 6.10 Å². The van der Waals surface area contributed by atoms with Crippen molar-refractivity contribution in [3.63, 3.8) is 0 Å². The van der Waals surface area contributed by atoms with Crippen molar-refractivity contribution in [3.05, 3.63) is 11.5 Å². The van der Waals surface area contributed by atoms with Gasteiger partial charge in [-0.25, -0.2) is 0 Å². The number of aliphatic hydroxyl groups excluding tert-OH is 1. The van der Waals surface area contributed by atoms with Crippen molar-refractivity contribution < 1.29 is 27.8 Å². The maximum absolute atomic E-state index is 12.0. The van der Waals surface area contributed by atoms with E-state index < -0.39 is 18.0 Å². The third kappa shape index (κ3) is 2.27. The van der Waals surface area contributed by atoms with E-state index in [0.29, 0.717) is 0 Å². The molecule has 1 heterocycles. The Morgan fingerprint density at radius 2 is 1.85 bits per heavy atom. The van der Waals surface area contributed by atoms with E-state index in [4.69, 9.17) is 9.84 Å². The number of halogens is 3. The average Bonchev–Trinajstić information content (AvgIpc) is 2.02. The van der Waals surface area contributed by atoms with E-state index in [-0.39, 0.29) is 19.0 Å². The molecule has 6 heteroatoms. The molecule has 0 aromatic rings. The standard InChI is InChI=1S/C7H9F3O3/c1-4-5(13-3-2-12-4)6(11)7(8,9)10/h6,11H,2-3H2,1H3. The van der Waals surface area contributed by atoms with E-state index >= 15 is 0 Å². The van der Waals surface area contributed by atoms with Crippen LogP contribution in [0.15, 0.2) is 11.5 Å². The summed E-state index contributed by atoms with van der Waals surface area (Å²) in [6.07, 6.45) is -7.30. The Balaban J connectivity index is 2.81. The van der Waals surface area contributed by atoms with E-state index in [0.717, 1.165) is 0 Å². The fraction of sp³-hybridized carbons (Fsp3) is 0.714. The number of aliphatic hydroxyl groups is 1. The molecule has 0 aromatic carbocycles. The van der Waals surface area contributed by atoms with Crippen LogP contribution in [0.3, 0.4) is 0 Å². The van der Waals surface area contributed by atoms with Crippen molar-refractivity contribution >= 4 is 0 Å². The third-order valence-corrected chi connectivity index (χ3v) is 1.56. The van der Waals surface area contributed by atoms with Gasteiger partial charge in [-0.15, -0.1) is 0 Å². The number of hydrogen-bond donors (Lipinski definition) is 1. The van der Waals surface area contributed by atoms with E-state index in [1.54, 1.807) is 0 Å². The zero-order chi connectivity index (χ0) is 10.1. The summed E-state index contributed by atoms with van der Waals surface area (Å²) in [4.78, 5) is 0. The molecule has 76 valence electrons. The monoisotopic (exact) mass is 198 g/mol. The van der Waals surface area contributed by atoms with Gasteiger partial charge in [0.05, 0.1) is 0 Å². The summed E-state index contributed by atoms with van der Waals surface area (Å²) in [5.41, 5.74) is 0. The van der Waals surface area contributed by atoms with Gasteiger partial charge in [-0.05, 0) is 6.92 Å². The topological polar surface area (TPSA) is 38.7 Å². The lowest BCUT2D eigenvalue weighted by atomic mass is 10.2. The van der Waals surface area contributed by atoms with Gasteiger partial charge in [0.1, 0.15) is 19.0 Å². The molecule has 13 heavy (non-hydrogen) atoms. The SMILES string of the molecule is CC1=C(C(O)C(F)(F)F)OCCO1. The van der Waals surface area contributed by atoms with Crippen molar-refractivity contribution in [1.82, 2.24) is 0 Å². The number of hydrogen-bond acceptors (Lipinski definition) is 3. The lowest BCUT2D eigenvalue weighted by molar-refractivity contribution is -0.205. The highest BCUT2D eigenvalue weighted by Gasteiger charge is 2.43. The van der Waals surface area contributed by atoms with Crippen molar-refractivity contribution in [2.45, 2.75) is 19.2 Å². The smallest absolute Gasteiger partial charge is 0.421 e. The fourth-order valence-electron chi connectivity index (χ4n) is 0.939. The minimum atomic E-state index is -4.71. The Morgan fingerprint density at radius 3 is 2.31 bits per heavy atom. The van der Waals surface area contributed by atoms with Crippen molar-refractivity contribution in [1.29, 1.82) is 0 Å². The molecule has 0 amide bonds. The molecular formula is C7H9F3O3. The molecule has 0 fully saturated rings. The van der Waals surface area contributed by atoms with Crippen LogP contribution in [0.4, 0.5) is 13.2 Å². The van der Waals surface area contributed by atoms with E-state index in [1.165, 1.54) is 6.92 Å². The van der Waals surface area contributed by atoms with Gasteiger partial charge in [-0.1, -0.05) is 0 Å². The highest BCUT2D eigenvalue weighted by Crippen LogP contribution is 2.29. The molecule has 1 unspecified atom stereocenters. The zero-order valence-corrected chi connectivity index (χ0v) is 6.89. The van der Waals surface area contributed by atoms with Crippen molar-refractivity contribution in [3.8, 4) is 0 Å². The number of ether oxygens (including phenoxy) is 2. The molecule has 0 radical (unpaired) electrons. The quantitative estimate of drug-likeness (QED) is 0.687. The first kappa shape index (κ1) is 10.2. The first-order valence-corrected chi connectivity index (χ1v) is 3.64. The molecule has 1 rings (SSSR count). The average molecular weight is 198 g/mol. The van der Waals surface area contributed by atoms with Crippen LogP contribution in [0.5, 0.6) is 0 Å². The van der Waals surface area contributed by atoms with Gasteiger partial charge in [0.15, 0.2) is 5.76 Å². The Labute approximate surface area is 72.8 Å². The molecule has 1 aliphatic heterocycles. The first-order valence-electron chi connectivity index (χ1n) is 3.64. The summed E-state index contributed by atoms with van der Waals surface area (Å²) < 4.78 is 45.4. The van der Waals surface area contributed by atoms with Crippen LogP contribution < -0.4 is 0 Å². The molecule has 3 nitrogen and oxygen atoms in total. The van der Waals surface area contributed by atoms with Crippen LogP contribution in [0.25, 0.3) is 0 Å². The van der Waals surface area contributed by atoms with Gasteiger partial charge >= 0.3 is 6.18 Å². The highest BCUT2D eigenvalue weighted by atomic mass is 19.4. The second-order valence-corrected chi connectivity index (χ2v) is 2.56. The largest absolute Gasteiger partial charge is 0.491 e. The van der Waals surface area contributed by atoms with Crippen LogP contribution in [0.1, 0.15) is 6.92 Å². The van der Waals surface area contributed by atoms with E-state index in [9.17, 15) is 13.2 Å². The first-order chi connectivity index (χ1) is 5.93. The molecule has 0 aromatic heterocycles. The van der Waals surface area contributed by atoms with Crippen LogP contribution in [0, 0.1) is 0 Å². The zero-order valence-electron chi connectivity index (χ0n) is 6.89. The Bertz CT molecular complexity index is 222. The Kier molecular flexibility index (Phi) is 2.70. The van der Waals surface area contributed by atoms with Crippen LogP contribution >= 0.6 is 0 Å².